The van der Waals surface area contributed by atoms with Gasteiger partial charge in [-0.3, -0.25) is 9.59 Å². The number of hydrogen-bond donors (Lipinski definition) is 4. The topological polar surface area (TPSA) is 137 Å². The lowest BCUT2D eigenvalue weighted by Crippen LogP contribution is -2.50. The van der Waals surface area contributed by atoms with Gasteiger partial charge < -0.3 is 30.7 Å². The van der Waals surface area contributed by atoms with Crippen molar-refractivity contribution in [3.05, 3.63) is 0 Å². The summed E-state index contributed by atoms with van der Waals surface area (Å²) >= 11 is 0. The van der Waals surface area contributed by atoms with Crippen LogP contribution in [0.15, 0.2) is 0 Å². The zero-order valence-electron chi connectivity index (χ0n) is 20.4. The molecule has 0 aromatic heterocycles. The maximum absolute atomic E-state index is 11.8. The van der Waals surface area contributed by atoms with Gasteiger partial charge in [-0.05, 0) is 53.0 Å². The molecule has 4 N–H and O–H groups in total. The van der Waals surface area contributed by atoms with E-state index in [4.69, 9.17) is 14.6 Å². The van der Waals surface area contributed by atoms with Crippen LogP contribution in [0.25, 0.3) is 0 Å². The van der Waals surface area contributed by atoms with E-state index in [-0.39, 0.29) is 23.9 Å². The predicted octanol–water partition coefficient (Wildman–Crippen LogP) is 2.03. The molecular weight excluding hydrogens is 461 g/mol. The third-order valence-electron chi connectivity index (χ3n) is 4.43. The van der Waals surface area contributed by atoms with Gasteiger partial charge in [0.1, 0.15) is 5.60 Å². The van der Waals surface area contributed by atoms with Crippen molar-refractivity contribution in [1.29, 1.82) is 0 Å². The fourth-order valence-electron chi connectivity index (χ4n) is 3.14. The van der Waals surface area contributed by atoms with Crippen molar-refractivity contribution in [3.63, 3.8) is 0 Å². The van der Waals surface area contributed by atoms with Crippen LogP contribution < -0.4 is 16.0 Å². The van der Waals surface area contributed by atoms with E-state index in [9.17, 15) is 27.6 Å². The number of rotatable bonds is 2. The van der Waals surface area contributed by atoms with Gasteiger partial charge in [0, 0.05) is 45.6 Å². The normalized spacial score (nSPS) is 20.4. The number of nitrogens with zero attached hydrogens (tertiary/aromatic N) is 1. The first kappa shape index (κ1) is 31.4. The fourth-order valence-corrected chi connectivity index (χ4v) is 3.14. The Morgan fingerprint density at radius 3 is 1.88 bits per heavy atom. The second kappa shape index (κ2) is 14.6. The highest BCUT2D eigenvalue weighted by atomic mass is 19.4. The van der Waals surface area contributed by atoms with Crippen LogP contribution >= 0.6 is 0 Å². The van der Waals surface area contributed by atoms with Crippen LogP contribution in [0.2, 0.25) is 0 Å². The zero-order valence-corrected chi connectivity index (χ0v) is 20.4. The number of halogens is 3. The molecule has 34 heavy (non-hydrogen) atoms. The van der Waals surface area contributed by atoms with E-state index in [2.05, 4.69) is 16.0 Å². The summed E-state index contributed by atoms with van der Waals surface area (Å²) in [6, 6.07) is 0.417. The van der Waals surface area contributed by atoms with E-state index >= 15 is 0 Å². The Hall–Kier alpha value is -2.57. The number of nitrogens with one attached hydrogen (secondary N) is 3. The Balaban J connectivity index is 0.000000541. The van der Waals surface area contributed by atoms with Crippen molar-refractivity contribution < 1.29 is 42.2 Å². The maximum atomic E-state index is 11.8. The van der Waals surface area contributed by atoms with E-state index in [1.54, 1.807) is 11.8 Å². The molecule has 2 fully saturated rings. The summed E-state index contributed by atoms with van der Waals surface area (Å²) in [7, 11) is 0. The molecule has 2 heterocycles. The van der Waals surface area contributed by atoms with Crippen LogP contribution in [0.5, 0.6) is 0 Å². The Morgan fingerprint density at radius 1 is 0.971 bits per heavy atom. The SMILES string of the molecule is CC(=O)N[C@@H]1CCCN(C(=O)OC(C)(C)C)C1.CC(=O)N[C@@H]1CCCNC1.O=C(O)C(F)(F)F. The average molecular weight is 499 g/mol. The van der Waals surface area contributed by atoms with Gasteiger partial charge in [0.2, 0.25) is 11.8 Å². The molecule has 2 rings (SSSR count). The van der Waals surface area contributed by atoms with Gasteiger partial charge in [0.25, 0.3) is 0 Å². The lowest BCUT2D eigenvalue weighted by molar-refractivity contribution is -0.192. The van der Waals surface area contributed by atoms with Crippen LogP contribution in [0.4, 0.5) is 18.0 Å². The molecule has 2 aliphatic rings. The Labute approximate surface area is 197 Å². The third-order valence-corrected chi connectivity index (χ3v) is 4.43. The third kappa shape index (κ3) is 16.1. The van der Waals surface area contributed by atoms with Crippen LogP contribution in [0.1, 0.15) is 60.3 Å². The number of piperidine rings is 2. The van der Waals surface area contributed by atoms with Crippen LogP contribution in [0, 0.1) is 0 Å². The van der Waals surface area contributed by atoms with Gasteiger partial charge in [-0.2, -0.15) is 13.2 Å². The number of amides is 3. The first-order valence-electron chi connectivity index (χ1n) is 11.0. The maximum Gasteiger partial charge on any atom is 0.490 e. The minimum Gasteiger partial charge on any atom is -0.475 e. The van der Waals surface area contributed by atoms with Gasteiger partial charge in [-0.1, -0.05) is 0 Å². The molecule has 0 aromatic rings. The number of hydrogen-bond acceptors (Lipinski definition) is 6. The highest BCUT2D eigenvalue weighted by Crippen LogP contribution is 2.15. The molecule has 0 aliphatic carbocycles. The van der Waals surface area contributed by atoms with Crippen molar-refractivity contribution in [1.82, 2.24) is 20.9 Å². The molecule has 0 unspecified atom stereocenters. The largest absolute Gasteiger partial charge is 0.490 e. The van der Waals surface area contributed by atoms with Gasteiger partial charge in [-0.15, -0.1) is 0 Å². The second-order valence-electron chi connectivity index (χ2n) is 9.01. The lowest BCUT2D eigenvalue weighted by atomic mass is 10.1. The Kier molecular flexibility index (Phi) is 13.5. The molecule has 10 nitrogen and oxygen atoms in total. The summed E-state index contributed by atoms with van der Waals surface area (Å²) in [4.78, 5) is 43.9. The molecule has 3 amide bonds. The first-order chi connectivity index (χ1) is 15.5. The highest BCUT2D eigenvalue weighted by Gasteiger charge is 2.38. The summed E-state index contributed by atoms with van der Waals surface area (Å²) in [6.45, 7) is 11.9. The second-order valence-corrected chi connectivity index (χ2v) is 9.01. The standard InChI is InChI=1S/C12H22N2O3.C7H14N2O.C2HF3O2/c1-9(15)13-10-6-5-7-14(8-10)11(16)17-12(2,3)4;1-6(10)9-7-3-2-4-8-5-7;3-2(4,5)1(6)7/h10H,5-8H2,1-4H3,(H,13,15);7-8H,2-5H2,1H3,(H,9,10);(H,6,7)/t10-;7-;/m11./s1. The number of aliphatic carboxylic acids is 1. The Morgan fingerprint density at radius 2 is 1.47 bits per heavy atom. The van der Waals surface area contributed by atoms with Gasteiger partial charge in [-0.25, -0.2) is 9.59 Å². The highest BCUT2D eigenvalue weighted by molar-refractivity contribution is 5.74. The number of ether oxygens (including phenoxy) is 1. The molecule has 2 aliphatic heterocycles. The van der Waals surface area contributed by atoms with Crippen LogP contribution in [-0.2, 0) is 19.1 Å². The molecule has 0 bridgehead atoms. The van der Waals surface area contributed by atoms with Gasteiger partial charge in [0.15, 0.2) is 0 Å². The quantitative estimate of drug-likeness (QED) is 0.457. The van der Waals surface area contributed by atoms with Crippen molar-refractivity contribution in [2.45, 2.75) is 84.2 Å². The zero-order chi connectivity index (χ0) is 26.5. The minimum absolute atomic E-state index is 0.0498. The first-order valence-corrected chi connectivity index (χ1v) is 11.0. The summed E-state index contributed by atoms with van der Waals surface area (Å²) in [5.41, 5.74) is -0.474. The Bertz CT molecular complexity index is 676. The minimum atomic E-state index is -5.08. The van der Waals surface area contributed by atoms with Crippen LogP contribution in [-0.4, -0.2) is 83.9 Å². The van der Waals surface area contributed by atoms with Crippen LogP contribution in [0.3, 0.4) is 0 Å². The van der Waals surface area contributed by atoms with E-state index < -0.39 is 17.7 Å². The number of carboxylic acid groups (broad SMARTS) is 1. The number of carbonyl (C=O) groups excluding carboxylic acids is 3. The van der Waals surface area contributed by atoms with Gasteiger partial charge >= 0.3 is 18.2 Å². The molecule has 0 aromatic carbocycles. The summed E-state index contributed by atoms with van der Waals surface area (Å²) in [5, 5.41) is 16.1. The molecular formula is C21H37F3N4O6. The molecule has 2 atom stereocenters. The summed E-state index contributed by atoms with van der Waals surface area (Å²) in [5.74, 6) is -2.73. The van der Waals surface area contributed by atoms with E-state index in [0.717, 1.165) is 32.4 Å². The van der Waals surface area contributed by atoms with E-state index in [1.165, 1.54) is 13.3 Å². The number of carbonyl (C=O) groups is 4. The molecule has 0 radical (unpaired) electrons. The summed E-state index contributed by atoms with van der Waals surface area (Å²) < 4.78 is 37.0. The molecule has 0 saturated carbocycles. The molecule has 13 heteroatoms. The number of alkyl halides is 3. The fraction of sp³-hybridized carbons (Fsp3) is 0.810. The van der Waals surface area contributed by atoms with Gasteiger partial charge in [0.05, 0.1) is 0 Å². The average Bonchev–Trinajstić information content (AvgIpc) is 2.67. The smallest absolute Gasteiger partial charge is 0.475 e. The van der Waals surface area contributed by atoms with Crippen molar-refractivity contribution in [2.75, 3.05) is 26.2 Å². The van der Waals surface area contributed by atoms with Crippen molar-refractivity contribution in [2.24, 2.45) is 0 Å². The van der Waals surface area contributed by atoms with E-state index in [0.29, 0.717) is 19.1 Å². The number of carboxylic acids is 1. The van der Waals surface area contributed by atoms with Crippen molar-refractivity contribution in [3.8, 4) is 0 Å². The van der Waals surface area contributed by atoms with E-state index in [1.807, 2.05) is 20.8 Å². The molecule has 2 saturated heterocycles. The lowest BCUT2D eigenvalue weighted by Gasteiger charge is -2.34. The molecule has 198 valence electrons. The van der Waals surface area contributed by atoms with Crippen molar-refractivity contribution >= 4 is 23.9 Å². The summed E-state index contributed by atoms with van der Waals surface area (Å²) in [6.07, 6.45) is -1.28. The number of likely N-dealkylation sites (tertiary alicyclic amines) is 1. The predicted molar refractivity (Wildman–Crippen MR) is 118 cm³/mol. The monoisotopic (exact) mass is 498 g/mol. The molecule has 0 spiro atoms.